The van der Waals surface area contributed by atoms with Gasteiger partial charge in [-0.1, -0.05) is 24.8 Å². The second-order valence-corrected chi connectivity index (χ2v) is 5.21. The molecule has 1 aromatic carbocycles. The number of benzene rings is 1. The number of halogens is 2. The third kappa shape index (κ3) is 4.66. The van der Waals surface area contributed by atoms with Crippen LogP contribution in [-0.2, 0) is 25.0 Å². The first-order chi connectivity index (χ1) is 9.50. The zero-order chi connectivity index (χ0) is 15.0. The molecule has 0 fully saturated rings. The number of ether oxygens (including phenoxy) is 3. The summed E-state index contributed by atoms with van der Waals surface area (Å²) in [5.41, 5.74) is 0. The Labute approximate surface area is 118 Å². The molecular formula is C13H16F2O4S. The Morgan fingerprint density at radius 3 is 2.55 bits per heavy atom. The zero-order valence-electron chi connectivity index (χ0n) is 11.0. The van der Waals surface area contributed by atoms with E-state index in [9.17, 15) is 13.0 Å². The molecule has 0 aliphatic rings. The lowest BCUT2D eigenvalue weighted by Gasteiger charge is -2.18. The second-order valence-electron chi connectivity index (χ2n) is 3.68. The van der Waals surface area contributed by atoms with Gasteiger partial charge in [0, 0.05) is 12.0 Å². The Morgan fingerprint density at radius 1 is 1.30 bits per heavy atom. The van der Waals surface area contributed by atoms with Crippen LogP contribution < -0.4 is 0 Å². The molecule has 0 bridgehead atoms. The van der Waals surface area contributed by atoms with Crippen LogP contribution in [-0.4, -0.2) is 36.6 Å². The average Bonchev–Trinajstić information content (AvgIpc) is 2.46. The number of methoxy groups -OCH3 is 1. The maximum Gasteiger partial charge on any atom is 0.380 e. The predicted molar refractivity (Wildman–Crippen MR) is 70.7 cm³/mol. The highest BCUT2D eigenvalue weighted by atomic mass is 32.2. The lowest BCUT2D eigenvalue weighted by molar-refractivity contribution is -0.0648. The van der Waals surface area contributed by atoms with Crippen LogP contribution in [0.2, 0.25) is 0 Å². The van der Waals surface area contributed by atoms with Crippen molar-refractivity contribution in [2.75, 3.05) is 27.1 Å². The van der Waals surface area contributed by atoms with Gasteiger partial charge in [0.25, 0.3) is 0 Å². The third-order valence-corrected chi connectivity index (χ3v) is 3.66. The molecule has 4 nitrogen and oxygen atoms in total. The standard InChI is InChI=1S/C13H16F2O4S/c1-11(19-10-18-9-8-17-2)13(14,15)20(16)12-6-4-3-5-7-12/h3-7H,1,8-10H2,2H3. The van der Waals surface area contributed by atoms with E-state index >= 15 is 0 Å². The molecule has 1 rings (SSSR count). The normalized spacial score (nSPS) is 12.9. The highest BCUT2D eigenvalue weighted by Crippen LogP contribution is 2.31. The molecule has 0 N–H and O–H groups in total. The van der Waals surface area contributed by atoms with Crippen LogP contribution in [0, 0.1) is 0 Å². The average molecular weight is 306 g/mol. The maximum atomic E-state index is 13.9. The molecule has 1 atom stereocenters. The van der Waals surface area contributed by atoms with Gasteiger partial charge in [0.15, 0.2) is 12.6 Å². The summed E-state index contributed by atoms with van der Waals surface area (Å²) in [5.74, 6) is -0.892. The second kappa shape index (κ2) is 8.08. The molecule has 0 radical (unpaired) electrons. The minimum Gasteiger partial charge on any atom is -0.465 e. The first-order valence-electron chi connectivity index (χ1n) is 5.73. The van der Waals surface area contributed by atoms with E-state index in [2.05, 4.69) is 11.3 Å². The summed E-state index contributed by atoms with van der Waals surface area (Å²) < 4.78 is 53.8. The highest BCUT2D eigenvalue weighted by Gasteiger charge is 2.43. The van der Waals surface area contributed by atoms with Crippen LogP contribution in [0.25, 0.3) is 0 Å². The van der Waals surface area contributed by atoms with Crippen molar-refractivity contribution in [3.8, 4) is 0 Å². The molecule has 0 saturated carbocycles. The van der Waals surface area contributed by atoms with E-state index in [1.165, 1.54) is 31.4 Å². The Hall–Kier alpha value is -1.31. The quantitative estimate of drug-likeness (QED) is 0.399. The molecule has 7 heteroatoms. The summed E-state index contributed by atoms with van der Waals surface area (Å²) in [6, 6.07) is 7.41. The Morgan fingerprint density at radius 2 is 1.95 bits per heavy atom. The van der Waals surface area contributed by atoms with Gasteiger partial charge < -0.3 is 14.2 Å². The summed E-state index contributed by atoms with van der Waals surface area (Å²) in [6.07, 6.45) is 0. The van der Waals surface area contributed by atoms with Crippen LogP contribution >= 0.6 is 0 Å². The summed E-state index contributed by atoms with van der Waals surface area (Å²) in [4.78, 5) is 0.00236. The summed E-state index contributed by atoms with van der Waals surface area (Å²) in [5, 5.41) is -3.69. The Balaban J connectivity index is 2.54. The van der Waals surface area contributed by atoms with Gasteiger partial charge in [-0.25, -0.2) is 4.21 Å². The minimum atomic E-state index is -3.69. The monoisotopic (exact) mass is 306 g/mol. The zero-order valence-corrected chi connectivity index (χ0v) is 11.8. The van der Waals surface area contributed by atoms with Gasteiger partial charge in [0.1, 0.15) is 10.8 Å². The van der Waals surface area contributed by atoms with Crippen LogP contribution in [0.3, 0.4) is 0 Å². The lowest BCUT2D eigenvalue weighted by Crippen LogP contribution is -2.27. The fourth-order valence-corrected chi connectivity index (χ4v) is 2.16. The van der Waals surface area contributed by atoms with Crippen LogP contribution in [0.4, 0.5) is 8.78 Å². The predicted octanol–water partition coefficient (Wildman–Crippen LogP) is 2.54. The number of hydrogen-bond donors (Lipinski definition) is 0. The summed E-state index contributed by atoms with van der Waals surface area (Å²) >= 11 is 0. The fraction of sp³-hybridized carbons (Fsp3) is 0.385. The van der Waals surface area contributed by atoms with Crippen molar-refractivity contribution in [2.45, 2.75) is 10.2 Å². The van der Waals surface area contributed by atoms with E-state index in [1.807, 2.05) is 0 Å². The molecule has 20 heavy (non-hydrogen) atoms. The van der Waals surface area contributed by atoms with Crippen molar-refractivity contribution in [3.63, 3.8) is 0 Å². The molecule has 0 aromatic heterocycles. The molecule has 0 heterocycles. The molecule has 0 aliphatic carbocycles. The minimum absolute atomic E-state index is 0.00236. The lowest BCUT2D eigenvalue weighted by atomic mass is 10.4. The van der Waals surface area contributed by atoms with Gasteiger partial charge in [0.05, 0.1) is 13.2 Å². The molecule has 0 spiro atoms. The SMILES string of the molecule is C=C(OCOCCOC)C(F)(F)S(=O)c1ccccc1. The first kappa shape index (κ1) is 16.7. The summed E-state index contributed by atoms with van der Waals surface area (Å²) in [6.45, 7) is 3.24. The highest BCUT2D eigenvalue weighted by molar-refractivity contribution is 7.86. The van der Waals surface area contributed by atoms with Crippen molar-refractivity contribution in [1.82, 2.24) is 0 Å². The number of alkyl halides is 2. The number of hydrogen-bond acceptors (Lipinski definition) is 4. The van der Waals surface area contributed by atoms with Gasteiger partial charge in [-0.05, 0) is 12.1 Å². The van der Waals surface area contributed by atoms with E-state index in [0.29, 0.717) is 6.61 Å². The molecule has 1 aromatic rings. The van der Waals surface area contributed by atoms with Crippen molar-refractivity contribution in [2.24, 2.45) is 0 Å². The topological polar surface area (TPSA) is 44.8 Å². The van der Waals surface area contributed by atoms with Gasteiger partial charge in [-0.3, -0.25) is 0 Å². The van der Waals surface area contributed by atoms with Gasteiger partial charge >= 0.3 is 5.25 Å². The molecule has 0 amide bonds. The molecule has 1 unspecified atom stereocenters. The van der Waals surface area contributed by atoms with Gasteiger partial charge in [-0.15, -0.1) is 0 Å². The molecule has 112 valence electrons. The van der Waals surface area contributed by atoms with Crippen LogP contribution in [0.15, 0.2) is 47.6 Å². The molecule has 0 saturated heterocycles. The van der Waals surface area contributed by atoms with E-state index in [1.54, 1.807) is 6.07 Å². The molecular weight excluding hydrogens is 290 g/mol. The largest absolute Gasteiger partial charge is 0.465 e. The maximum absolute atomic E-state index is 13.9. The smallest absolute Gasteiger partial charge is 0.380 e. The third-order valence-electron chi connectivity index (χ3n) is 2.26. The number of rotatable bonds is 9. The van der Waals surface area contributed by atoms with E-state index < -0.39 is 28.6 Å². The van der Waals surface area contributed by atoms with E-state index in [4.69, 9.17) is 9.47 Å². The van der Waals surface area contributed by atoms with E-state index in [-0.39, 0.29) is 11.5 Å². The van der Waals surface area contributed by atoms with E-state index in [0.717, 1.165) is 0 Å². The van der Waals surface area contributed by atoms with Crippen LogP contribution in [0.1, 0.15) is 0 Å². The summed E-state index contributed by atoms with van der Waals surface area (Å²) in [7, 11) is -1.08. The fourth-order valence-electron chi connectivity index (χ4n) is 1.19. The van der Waals surface area contributed by atoms with Crippen molar-refractivity contribution in [3.05, 3.63) is 42.7 Å². The Kier molecular flexibility index (Phi) is 6.77. The van der Waals surface area contributed by atoms with Gasteiger partial charge in [0.2, 0.25) is 0 Å². The van der Waals surface area contributed by atoms with Crippen molar-refractivity contribution in [1.29, 1.82) is 0 Å². The first-order valence-corrected chi connectivity index (χ1v) is 6.88. The van der Waals surface area contributed by atoms with Gasteiger partial charge in [-0.2, -0.15) is 8.78 Å². The van der Waals surface area contributed by atoms with Crippen molar-refractivity contribution < 1.29 is 27.2 Å². The Bertz CT molecular complexity index is 451. The van der Waals surface area contributed by atoms with Crippen molar-refractivity contribution >= 4 is 10.8 Å². The van der Waals surface area contributed by atoms with Crippen LogP contribution in [0.5, 0.6) is 0 Å². The molecule has 0 aliphatic heterocycles.